The SMILES string of the molecule is CO[P@@](=O)(c1ccc(N(C)C)cc1)[C@H](Nc1ccccc1)c1ccccc1. The van der Waals surface area contributed by atoms with Gasteiger partial charge >= 0.3 is 0 Å². The molecule has 4 nitrogen and oxygen atoms in total. The summed E-state index contributed by atoms with van der Waals surface area (Å²) in [5, 5.41) is 4.11. The normalized spacial score (nSPS) is 14.2. The van der Waals surface area contributed by atoms with Crippen LogP contribution >= 0.6 is 7.37 Å². The van der Waals surface area contributed by atoms with E-state index in [-0.39, 0.29) is 0 Å². The van der Waals surface area contributed by atoms with E-state index in [1.807, 2.05) is 104 Å². The first-order valence-electron chi connectivity index (χ1n) is 8.84. The Hall–Kier alpha value is -2.55. The van der Waals surface area contributed by atoms with E-state index in [4.69, 9.17) is 4.52 Å². The van der Waals surface area contributed by atoms with Crippen molar-refractivity contribution in [1.29, 1.82) is 0 Å². The van der Waals surface area contributed by atoms with Gasteiger partial charge in [0.25, 0.3) is 7.37 Å². The molecule has 0 unspecified atom stereocenters. The Morgan fingerprint density at radius 2 is 1.41 bits per heavy atom. The maximum absolute atomic E-state index is 14.1. The highest BCUT2D eigenvalue weighted by Crippen LogP contribution is 2.58. The predicted octanol–water partition coefficient (Wildman–Crippen LogP) is 5.11. The Labute approximate surface area is 161 Å². The summed E-state index contributed by atoms with van der Waals surface area (Å²) in [7, 11) is 2.25. The molecule has 1 N–H and O–H groups in total. The molecule has 0 aliphatic heterocycles. The molecule has 2 atom stereocenters. The second-order valence-corrected chi connectivity index (χ2v) is 9.11. The van der Waals surface area contributed by atoms with Crippen LogP contribution in [-0.4, -0.2) is 21.2 Å². The molecular formula is C22H25N2O2P. The first kappa shape index (κ1) is 19.2. The lowest BCUT2D eigenvalue weighted by atomic mass is 10.2. The molecular weight excluding hydrogens is 355 g/mol. The highest BCUT2D eigenvalue weighted by atomic mass is 31.2. The summed E-state index contributed by atoms with van der Waals surface area (Å²) in [4.78, 5) is 2.01. The Bertz CT molecular complexity index is 897. The molecule has 0 aliphatic rings. The van der Waals surface area contributed by atoms with Crippen molar-refractivity contribution >= 4 is 24.0 Å². The highest BCUT2D eigenvalue weighted by Gasteiger charge is 2.36. The Kier molecular flexibility index (Phi) is 6.00. The van der Waals surface area contributed by atoms with Crippen LogP contribution in [0.4, 0.5) is 11.4 Å². The van der Waals surface area contributed by atoms with E-state index in [1.165, 1.54) is 7.11 Å². The van der Waals surface area contributed by atoms with Gasteiger partial charge in [0.1, 0.15) is 5.78 Å². The molecule has 0 saturated heterocycles. The van der Waals surface area contributed by atoms with Gasteiger partial charge in [0, 0.05) is 37.9 Å². The maximum Gasteiger partial charge on any atom is 0.257 e. The standard InChI is InChI=1S/C22H25N2O2P/c1-24(2)20-14-16-21(17-15-20)27(25,26-3)22(18-10-6-4-7-11-18)23-19-12-8-5-9-13-19/h4-17,22-23H,1-3H3/t22-,27-/m0/s1. The molecule has 0 aromatic heterocycles. The third-order valence-electron chi connectivity index (χ3n) is 4.53. The second kappa shape index (κ2) is 8.43. The summed E-state index contributed by atoms with van der Waals surface area (Å²) in [6, 6.07) is 27.3. The third kappa shape index (κ3) is 4.24. The number of hydrogen-bond acceptors (Lipinski definition) is 4. The fourth-order valence-corrected chi connectivity index (χ4v) is 5.18. The van der Waals surface area contributed by atoms with Crippen LogP contribution in [-0.2, 0) is 9.09 Å². The van der Waals surface area contributed by atoms with Gasteiger partial charge in [-0.15, -0.1) is 0 Å². The van der Waals surface area contributed by atoms with E-state index >= 15 is 0 Å². The molecule has 0 bridgehead atoms. The van der Waals surface area contributed by atoms with E-state index in [9.17, 15) is 4.57 Å². The van der Waals surface area contributed by atoms with Crippen molar-refractivity contribution < 1.29 is 9.09 Å². The first-order valence-corrected chi connectivity index (χ1v) is 10.5. The molecule has 5 heteroatoms. The zero-order valence-corrected chi connectivity index (χ0v) is 16.8. The summed E-state index contributed by atoms with van der Waals surface area (Å²) in [5.41, 5.74) is 2.87. The molecule has 0 amide bonds. The minimum absolute atomic E-state index is 0.490. The molecule has 0 heterocycles. The summed E-state index contributed by atoms with van der Waals surface area (Å²) in [5.74, 6) is -0.490. The van der Waals surface area contributed by atoms with Crippen LogP contribution in [0.15, 0.2) is 84.9 Å². The van der Waals surface area contributed by atoms with Gasteiger partial charge in [0.15, 0.2) is 0 Å². The molecule has 27 heavy (non-hydrogen) atoms. The van der Waals surface area contributed by atoms with E-state index < -0.39 is 13.2 Å². The number of benzene rings is 3. The van der Waals surface area contributed by atoms with Crippen molar-refractivity contribution in [1.82, 2.24) is 0 Å². The van der Waals surface area contributed by atoms with Crippen LogP contribution in [0, 0.1) is 0 Å². The van der Waals surface area contributed by atoms with Crippen LogP contribution in [0.3, 0.4) is 0 Å². The van der Waals surface area contributed by atoms with Crippen LogP contribution in [0.5, 0.6) is 0 Å². The lowest BCUT2D eigenvalue weighted by Gasteiger charge is -2.29. The average Bonchev–Trinajstić information content (AvgIpc) is 2.73. The van der Waals surface area contributed by atoms with Crippen LogP contribution in [0.1, 0.15) is 11.3 Å². The molecule has 0 radical (unpaired) electrons. The molecule has 0 aliphatic carbocycles. The Balaban J connectivity index is 2.05. The fourth-order valence-electron chi connectivity index (χ4n) is 3.01. The molecule has 140 valence electrons. The number of nitrogens with zero attached hydrogens (tertiary/aromatic N) is 1. The Morgan fingerprint density at radius 3 is 1.93 bits per heavy atom. The summed E-state index contributed by atoms with van der Waals surface area (Å²) < 4.78 is 19.8. The predicted molar refractivity (Wildman–Crippen MR) is 114 cm³/mol. The second-order valence-electron chi connectivity index (χ2n) is 6.51. The first-order chi connectivity index (χ1) is 13.0. The van der Waals surface area contributed by atoms with Crippen molar-refractivity contribution in [2.45, 2.75) is 5.78 Å². The van der Waals surface area contributed by atoms with Crippen molar-refractivity contribution in [3.63, 3.8) is 0 Å². The van der Waals surface area contributed by atoms with E-state index in [0.717, 1.165) is 16.9 Å². The minimum Gasteiger partial charge on any atom is -0.378 e. The van der Waals surface area contributed by atoms with Crippen LogP contribution in [0.25, 0.3) is 0 Å². The fraction of sp³-hybridized carbons (Fsp3) is 0.182. The van der Waals surface area contributed by atoms with Gasteiger partial charge < -0.3 is 14.7 Å². The van der Waals surface area contributed by atoms with Crippen molar-refractivity contribution in [3.8, 4) is 0 Å². The van der Waals surface area contributed by atoms with Gasteiger partial charge in [-0.25, -0.2) is 0 Å². The topological polar surface area (TPSA) is 41.6 Å². The van der Waals surface area contributed by atoms with Crippen molar-refractivity contribution in [2.75, 3.05) is 31.4 Å². The summed E-state index contributed by atoms with van der Waals surface area (Å²) in [6.45, 7) is 0. The lowest BCUT2D eigenvalue weighted by molar-refractivity contribution is 0.396. The molecule has 0 spiro atoms. The van der Waals surface area contributed by atoms with E-state index in [1.54, 1.807) is 0 Å². The van der Waals surface area contributed by atoms with Gasteiger partial charge in [-0.3, -0.25) is 4.57 Å². The smallest absolute Gasteiger partial charge is 0.257 e. The number of hydrogen-bond donors (Lipinski definition) is 1. The number of nitrogens with one attached hydrogen (secondary N) is 1. The number of anilines is 2. The van der Waals surface area contributed by atoms with Gasteiger partial charge in [-0.05, 0) is 42.0 Å². The minimum atomic E-state index is -3.23. The summed E-state index contributed by atoms with van der Waals surface area (Å²) in [6.07, 6.45) is 0. The molecule has 3 rings (SSSR count). The van der Waals surface area contributed by atoms with E-state index in [2.05, 4.69) is 5.32 Å². The highest BCUT2D eigenvalue weighted by molar-refractivity contribution is 7.67. The third-order valence-corrected chi connectivity index (χ3v) is 7.20. The number of rotatable bonds is 7. The van der Waals surface area contributed by atoms with E-state index in [0.29, 0.717) is 5.30 Å². The van der Waals surface area contributed by atoms with Crippen molar-refractivity contribution in [3.05, 3.63) is 90.5 Å². The van der Waals surface area contributed by atoms with Crippen LogP contribution < -0.4 is 15.5 Å². The van der Waals surface area contributed by atoms with Gasteiger partial charge in [0.2, 0.25) is 0 Å². The average molecular weight is 380 g/mol. The largest absolute Gasteiger partial charge is 0.378 e. The molecule has 0 saturated carbocycles. The molecule has 3 aromatic rings. The molecule has 3 aromatic carbocycles. The monoisotopic (exact) mass is 380 g/mol. The zero-order chi connectivity index (χ0) is 19.3. The number of para-hydroxylation sites is 1. The van der Waals surface area contributed by atoms with Gasteiger partial charge in [0.05, 0.1) is 0 Å². The van der Waals surface area contributed by atoms with Gasteiger partial charge in [-0.1, -0.05) is 48.5 Å². The zero-order valence-electron chi connectivity index (χ0n) is 15.9. The maximum atomic E-state index is 14.1. The Morgan fingerprint density at radius 1 is 0.852 bits per heavy atom. The van der Waals surface area contributed by atoms with Gasteiger partial charge in [-0.2, -0.15) is 0 Å². The van der Waals surface area contributed by atoms with Crippen molar-refractivity contribution in [2.24, 2.45) is 0 Å². The van der Waals surface area contributed by atoms with Crippen LogP contribution in [0.2, 0.25) is 0 Å². The molecule has 0 fully saturated rings. The quantitative estimate of drug-likeness (QED) is 0.578. The lowest BCUT2D eigenvalue weighted by Crippen LogP contribution is -2.20. The summed E-state index contributed by atoms with van der Waals surface area (Å²) >= 11 is 0.